The minimum Gasteiger partial charge on any atom is -0.497 e. The summed E-state index contributed by atoms with van der Waals surface area (Å²) in [6, 6.07) is 15.7. The highest BCUT2D eigenvalue weighted by atomic mass is 35.5. The van der Waals surface area contributed by atoms with Gasteiger partial charge in [0.2, 0.25) is 5.91 Å². The van der Waals surface area contributed by atoms with Crippen molar-refractivity contribution >= 4 is 17.5 Å². The molecule has 2 aromatic carbocycles. The van der Waals surface area contributed by atoms with Crippen LogP contribution in [0.25, 0.3) is 0 Å². The van der Waals surface area contributed by atoms with E-state index in [0.717, 1.165) is 42.5 Å². The fourth-order valence-corrected chi connectivity index (χ4v) is 3.60. The van der Waals surface area contributed by atoms with Gasteiger partial charge < -0.3 is 15.0 Å². The molecule has 2 aromatic rings. The Morgan fingerprint density at radius 2 is 1.71 bits per heavy atom. The molecule has 0 aliphatic carbocycles. The summed E-state index contributed by atoms with van der Waals surface area (Å²) in [4.78, 5) is 17.3. The van der Waals surface area contributed by atoms with E-state index in [1.807, 2.05) is 36.4 Å². The molecule has 1 aliphatic heterocycles. The van der Waals surface area contributed by atoms with Crippen molar-refractivity contribution in [2.24, 2.45) is 0 Å². The van der Waals surface area contributed by atoms with Gasteiger partial charge in [-0.15, -0.1) is 0 Å². The van der Waals surface area contributed by atoms with Crippen molar-refractivity contribution in [2.75, 3.05) is 46.9 Å². The van der Waals surface area contributed by atoms with Crippen molar-refractivity contribution in [1.82, 2.24) is 15.1 Å². The summed E-state index contributed by atoms with van der Waals surface area (Å²) in [5, 5.41) is 3.85. The maximum absolute atomic E-state index is 12.5. The van der Waals surface area contributed by atoms with Gasteiger partial charge in [-0.2, -0.15) is 0 Å². The van der Waals surface area contributed by atoms with E-state index in [0.29, 0.717) is 13.0 Å². The largest absolute Gasteiger partial charge is 0.497 e. The van der Waals surface area contributed by atoms with Crippen LogP contribution in [0.4, 0.5) is 0 Å². The molecule has 1 fully saturated rings. The first kappa shape index (κ1) is 20.6. The molecule has 1 saturated heterocycles. The number of halogens is 1. The molecular formula is C22H28ClN3O2. The van der Waals surface area contributed by atoms with Gasteiger partial charge in [-0.05, 0) is 42.4 Å². The minimum atomic E-state index is 0.0262. The molecule has 0 saturated carbocycles. The fourth-order valence-electron chi connectivity index (χ4n) is 3.48. The van der Waals surface area contributed by atoms with E-state index in [2.05, 4.69) is 34.3 Å². The second-order valence-electron chi connectivity index (χ2n) is 7.24. The Kier molecular flexibility index (Phi) is 7.31. The molecule has 5 nitrogen and oxygen atoms in total. The Hall–Kier alpha value is -2.08. The van der Waals surface area contributed by atoms with E-state index in [9.17, 15) is 4.79 Å². The van der Waals surface area contributed by atoms with Gasteiger partial charge in [0.25, 0.3) is 0 Å². The second-order valence-corrected chi connectivity index (χ2v) is 7.67. The van der Waals surface area contributed by atoms with E-state index in [-0.39, 0.29) is 11.9 Å². The lowest BCUT2D eigenvalue weighted by Gasteiger charge is -2.38. The summed E-state index contributed by atoms with van der Waals surface area (Å²) < 4.78 is 5.17. The summed E-state index contributed by atoms with van der Waals surface area (Å²) in [5.74, 6) is 0.820. The number of likely N-dealkylation sites (N-methyl/N-ethyl adjacent to an activating group) is 1. The lowest BCUT2D eigenvalue weighted by molar-refractivity contribution is -0.120. The molecular weight excluding hydrogens is 374 g/mol. The Morgan fingerprint density at radius 3 is 2.32 bits per heavy atom. The number of hydrogen-bond donors (Lipinski definition) is 1. The van der Waals surface area contributed by atoms with Crippen LogP contribution >= 0.6 is 11.6 Å². The number of methoxy groups -OCH3 is 1. The van der Waals surface area contributed by atoms with Gasteiger partial charge in [0.15, 0.2) is 0 Å². The topological polar surface area (TPSA) is 44.8 Å². The van der Waals surface area contributed by atoms with Crippen LogP contribution in [0.5, 0.6) is 5.75 Å². The summed E-state index contributed by atoms with van der Waals surface area (Å²) in [7, 11) is 3.78. The van der Waals surface area contributed by atoms with Gasteiger partial charge in [0.1, 0.15) is 5.75 Å². The molecule has 1 aliphatic rings. The molecule has 3 rings (SSSR count). The van der Waals surface area contributed by atoms with Crippen LogP contribution in [0.3, 0.4) is 0 Å². The maximum atomic E-state index is 12.5. The summed E-state index contributed by atoms with van der Waals surface area (Å²) >= 11 is 6.06. The number of benzene rings is 2. The molecule has 0 spiro atoms. The van der Waals surface area contributed by atoms with E-state index in [1.54, 1.807) is 7.11 Å². The highest BCUT2D eigenvalue weighted by Crippen LogP contribution is 2.23. The highest BCUT2D eigenvalue weighted by Gasteiger charge is 2.24. The molecule has 1 N–H and O–H groups in total. The zero-order valence-corrected chi connectivity index (χ0v) is 17.3. The molecule has 0 radical (unpaired) electrons. The first-order valence-electron chi connectivity index (χ1n) is 9.63. The van der Waals surface area contributed by atoms with Crippen molar-refractivity contribution < 1.29 is 9.53 Å². The fraction of sp³-hybridized carbons (Fsp3) is 0.409. The average Bonchev–Trinajstić information content (AvgIpc) is 2.71. The molecule has 0 aromatic heterocycles. The Morgan fingerprint density at radius 1 is 1.07 bits per heavy atom. The van der Waals surface area contributed by atoms with Crippen molar-refractivity contribution in [3.63, 3.8) is 0 Å². The number of amides is 1. The maximum Gasteiger partial charge on any atom is 0.224 e. The summed E-state index contributed by atoms with van der Waals surface area (Å²) in [5.41, 5.74) is 2.15. The van der Waals surface area contributed by atoms with E-state index in [4.69, 9.17) is 16.3 Å². The minimum absolute atomic E-state index is 0.0262. The average molecular weight is 402 g/mol. The Bertz CT molecular complexity index is 756. The number of carbonyl (C=O) groups excluding carboxylic acids is 1. The van der Waals surface area contributed by atoms with Crippen LogP contribution in [0.15, 0.2) is 48.5 Å². The van der Waals surface area contributed by atoms with Gasteiger partial charge >= 0.3 is 0 Å². The highest BCUT2D eigenvalue weighted by molar-refractivity contribution is 6.30. The predicted octanol–water partition coefficient (Wildman–Crippen LogP) is 3.00. The third-order valence-corrected chi connectivity index (χ3v) is 5.50. The zero-order valence-electron chi connectivity index (χ0n) is 16.5. The van der Waals surface area contributed by atoms with Gasteiger partial charge in [0, 0.05) is 37.7 Å². The molecule has 0 bridgehead atoms. The molecule has 6 heteroatoms. The number of rotatable bonds is 7. The number of hydrogen-bond acceptors (Lipinski definition) is 4. The van der Waals surface area contributed by atoms with Crippen LogP contribution < -0.4 is 10.1 Å². The van der Waals surface area contributed by atoms with E-state index < -0.39 is 0 Å². The smallest absolute Gasteiger partial charge is 0.224 e. The second kappa shape index (κ2) is 9.92. The van der Waals surface area contributed by atoms with Crippen molar-refractivity contribution in [3.8, 4) is 5.75 Å². The van der Waals surface area contributed by atoms with Crippen LogP contribution in [-0.2, 0) is 11.2 Å². The standard InChI is InChI=1S/C22H28ClN3O2/c1-25-11-13-26(14-12-25)21(18-5-7-19(23)8-6-18)16-24-22(27)15-17-3-9-20(28-2)10-4-17/h3-10,21H,11-16H2,1-2H3,(H,24,27)/t21-/m0/s1. The van der Waals surface area contributed by atoms with Gasteiger partial charge in [-0.3, -0.25) is 9.69 Å². The van der Waals surface area contributed by atoms with Crippen molar-refractivity contribution in [2.45, 2.75) is 12.5 Å². The third kappa shape index (κ3) is 5.71. The van der Waals surface area contributed by atoms with Crippen molar-refractivity contribution in [3.05, 3.63) is 64.7 Å². The summed E-state index contributed by atoms with van der Waals surface area (Å²) in [6.45, 7) is 4.62. The van der Waals surface area contributed by atoms with Crippen molar-refractivity contribution in [1.29, 1.82) is 0 Å². The molecule has 1 heterocycles. The van der Waals surface area contributed by atoms with Crippen LogP contribution in [0.1, 0.15) is 17.2 Å². The predicted molar refractivity (Wildman–Crippen MR) is 113 cm³/mol. The number of nitrogens with one attached hydrogen (secondary N) is 1. The quantitative estimate of drug-likeness (QED) is 0.774. The molecule has 150 valence electrons. The Balaban J connectivity index is 1.63. The third-order valence-electron chi connectivity index (χ3n) is 5.25. The number of nitrogens with zero attached hydrogens (tertiary/aromatic N) is 2. The summed E-state index contributed by atoms with van der Waals surface area (Å²) in [6.07, 6.45) is 0.361. The Labute approximate surface area is 172 Å². The first-order chi connectivity index (χ1) is 13.5. The number of piperazine rings is 1. The molecule has 0 unspecified atom stereocenters. The molecule has 1 atom stereocenters. The number of ether oxygens (including phenoxy) is 1. The lowest BCUT2D eigenvalue weighted by atomic mass is 10.0. The van der Waals surface area contributed by atoms with Gasteiger partial charge in [0.05, 0.1) is 19.6 Å². The number of carbonyl (C=O) groups is 1. The van der Waals surface area contributed by atoms with Crippen LogP contribution in [0.2, 0.25) is 5.02 Å². The van der Waals surface area contributed by atoms with Gasteiger partial charge in [-0.25, -0.2) is 0 Å². The molecule has 28 heavy (non-hydrogen) atoms. The normalized spacial score (nSPS) is 16.5. The van der Waals surface area contributed by atoms with E-state index >= 15 is 0 Å². The molecule has 1 amide bonds. The monoisotopic (exact) mass is 401 g/mol. The van der Waals surface area contributed by atoms with E-state index in [1.165, 1.54) is 5.56 Å². The SMILES string of the molecule is COc1ccc(CC(=O)NC[C@@H](c2ccc(Cl)cc2)N2CCN(C)CC2)cc1. The van der Waals surface area contributed by atoms with Crippen LogP contribution in [0, 0.1) is 0 Å². The first-order valence-corrected chi connectivity index (χ1v) is 10.0. The zero-order chi connectivity index (χ0) is 19.9. The van der Waals surface area contributed by atoms with Gasteiger partial charge in [-0.1, -0.05) is 35.9 Å². The van der Waals surface area contributed by atoms with Crippen LogP contribution in [-0.4, -0.2) is 62.6 Å². The lowest BCUT2D eigenvalue weighted by Crippen LogP contribution is -2.48.